The van der Waals surface area contributed by atoms with Crippen LogP contribution in [0.3, 0.4) is 0 Å². The number of hydrogen-bond donors (Lipinski definition) is 1. The number of halogens is 1. The number of aliphatic hydroxyl groups is 1. The van der Waals surface area contributed by atoms with E-state index in [0.29, 0.717) is 12.1 Å². The van der Waals surface area contributed by atoms with Crippen LogP contribution in [0.5, 0.6) is 0 Å². The van der Waals surface area contributed by atoms with Crippen LogP contribution in [0, 0.1) is 0 Å². The Morgan fingerprint density at radius 2 is 2.00 bits per heavy atom. The molecule has 2 aromatic carbocycles. The second-order valence-electron chi connectivity index (χ2n) is 6.56. The number of likely N-dealkylation sites (tertiary alicyclic amines) is 1. The normalized spacial score (nSPS) is 17.0. The highest BCUT2D eigenvalue weighted by Gasteiger charge is 2.30. The first kappa shape index (κ1) is 17.2. The summed E-state index contributed by atoms with van der Waals surface area (Å²) in [5, 5.41) is 10.4. The maximum absolute atomic E-state index is 13.3. The van der Waals surface area contributed by atoms with Crippen LogP contribution in [-0.2, 0) is 0 Å². The quantitative estimate of drug-likeness (QED) is 0.701. The molecule has 1 fully saturated rings. The summed E-state index contributed by atoms with van der Waals surface area (Å²) in [4.78, 5) is 19.8. The van der Waals surface area contributed by atoms with Crippen LogP contribution in [0.15, 0.2) is 59.1 Å². The van der Waals surface area contributed by atoms with Crippen molar-refractivity contribution in [2.24, 2.45) is 0 Å². The Morgan fingerprint density at radius 1 is 1.19 bits per heavy atom. The van der Waals surface area contributed by atoms with Crippen LogP contribution in [0.25, 0.3) is 22.2 Å². The highest BCUT2D eigenvalue weighted by molar-refractivity contribution is 9.10. The van der Waals surface area contributed by atoms with Crippen molar-refractivity contribution in [1.29, 1.82) is 0 Å². The molecule has 0 bridgehead atoms. The largest absolute Gasteiger partial charge is 0.394 e. The van der Waals surface area contributed by atoms with Crippen molar-refractivity contribution in [3.05, 3.63) is 64.6 Å². The number of fused-ring (bicyclic) bond motifs is 1. The molecule has 2 heterocycles. The van der Waals surface area contributed by atoms with Crippen LogP contribution in [0.1, 0.15) is 23.2 Å². The number of hydrogen-bond acceptors (Lipinski definition) is 3. The van der Waals surface area contributed by atoms with Crippen LogP contribution >= 0.6 is 15.9 Å². The zero-order valence-corrected chi connectivity index (χ0v) is 15.8. The molecular formula is C21H19BrN2O2. The van der Waals surface area contributed by atoms with E-state index in [2.05, 4.69) is 15.9 Å². The molecule has 0 unspecified atom stereocenters. The number of carbonyl (C=O) groups is 1. The molecule has 132 valence electrons. The summed E-state index contributed by atoms with van der Waals surface area (Å²) in [6, 6.07) is 17.5. The Labute approximate surface area is 160 Å². The number of rotatable bonds is 3. The third-order valence-electron chi connectivity index (χ3n) is 4.92. The molecule has 1 aromatic heterocycles. The molecule has 5 heteroatoms. The van der Waals surface area contributed by atoms with Gasteiger partial charge in [-0.05, 0) is 37.1 Å². The van der Waals surface area contributed by atoms with Gasteiger partial charge in [0.2, 0.25) is 0 Å². The average Bonchev–Trinajstić information content (AvgIpc) is 3.16. The van der Waals surface area contributed by atoms with E-state index in [9.17, 15) is 9.90 Å². The van der Waals surface area contributed by atoms with Gasteiger partial charge < -0.3 is 10.0 Å². The van der Waals surface area contributed by atoms with Gasteiger partial charge in [-0.3, -0.25) is 4.79 Å². The molecule has 0 radical (unpaired) electrons. The van der Waals surface area contributed by atoms with E-state index in [4.69, 9.17) is 4.98 Å². The van der Waals surface area contributed by atoms with Gasteiger partial charge in [0.15, 0.2) is 0 Å². The monoisotopic (exact) mass is 410 g/mol. The van der Waals surface area contributed by atoms with Gasteiger partial charge in [0, 0.05) is 22.0 Å². The lowest BCUT2D eigenvalue weighted by Gasteiger charge is -2.24. The van der Waals surface area contributed by atoms with E-state index in [1.807, 2.05) is 54.6 Å². The number of nitrogens with zero attached hydrogens (tertiary/aromatic N) is 2. The topological polar surface area (TPSA) is 53.4 Å². The highest BCUT2D eigenvalue weighted by atomic mass is 79.9. The van der Waals surface area contributed by atoms with E-state index in [1.165, 1.54) is 0 Å². The fourth-order valence-corrected chi connectivity index (χ4v) is 3.94. The van der Waals surface area contributed by atoms with Gasteiger partial charge in [0.1, 0.15) is 0 Å². The van der Waals surface area contributed by atoms with Gasteiger partial charge >= 0.3 is 0 Å². The lowest BCUT2D eigenvalue weighted by Crippen LogP contribution is -2.37. The van der Waals surface area contributed by atoms with E-state index in [0.717, 1.165) is 39.5 Å². The van der Waals surface area contributed by atoms with Crippen molar-refractivity contribution in [3.8, 4) is 11.3 Å². The zero-order valence-electron chi connectivity index (χ0n) is 14.2. The number of carbonyl (C=O) groups excluding carboxylic acids is 1. The maximum atomic E-state index is 13.3. The molecule has 1 saturated heterocycles. The summed E-state index contributed by atoms with van der Waals surface area (Å²) < 4.78 is 0.911. The molecule has 4 rings (SSSR count). The predicted octanol–water partition coefficient (Wildman–Crippen LogP) is 4.26. The number of pyridine rings is 1. The van der Waals surface area contributed by atoms with Crippen LogP contribution in [-0.4, -0.2) is 40.1 Å². The summed E-state index contributed by atoms with van der Waals surface area (Å²) in [6.07, 6.45) is 1.77. The van der Waals surface area contributed by atoms with Gasteiger partial charge in [-0.15, -0.1) is 0 Å². The van der Waals surface area contributed by atoms with Gasteiger partial charge in [0.05, 0.1) is 29.4 Å². The number of aliphatic hydroxyl groups excluding tert-OH is 1. The van der Waals surface area contributed by atoms with Gasteiger partial charge in [0.25, 0.3) is 5.91 Å². The standard InChI is InChI=1S/C21H19BrN2O2/c22-15-8-9-19-17(11-15)18(21(26)24-10-4-7-16(24)13-25)12-20(23-19)14-5-2-1-3-6-14/h1-3,5-6,8-9,11-12,16,25H,4,7,10,13H2/t16-/m1/s1. The number of aromatic nitrogens is 1. The Hall–Kier alpha value is -2.24. The molecule has 0 aliphatic carbocycles. The van der Waals surface area contributed by atoms with Crippen molar-refractivity contribution < 1.29 is 9.90 Å². The molecule has 1 amide bonds. The molecule has 1 atom stereocenters. The minimum Gasteiger partial charge on any atom is -0.394 e. The van der Waals surface area contributed by atoms with E-state index in [1.54, 1.807) is 4.90 Å². The second-order valence-corrected chi connectivity index (χ2v) is 7.48. The van der Waals surface area contributed by atoms with Crippen molar-refractivity contribution in [1.82, 2.24) is 9.88 Å². The van der Waals surface area contributed by atoms with Crippen LogP contribution in [0.4, 0.5) is 0 Å². The SMILES string of the molecule is O=C(c1cc(-c2ccccc2)nc2ccc(Br)cc12)N1CCC[C@@H]1CO. The predicted molar refractivity (Wildman–Crippen MR) is 106 cm³/mol. The Balaban J connectivity index is 1.88. The van der Waals surface area contributed by atoms with E-state index >= 15 is 0 Å². The van der Waals surface area contributed by atoms with Crippen LogP contribution in [0.2, 0.25) is 0 Å². The van der Waals surface area contributed by atoms with Crippen LogP contribution < -0.4 is 0 Å². The third-order valence-corrected chi connectivity index (χ3v) is 5.41. The maximum Gasteiger partial charge on any atom is 0.254 e. The first-order chi connectivity index (χ1) is 12.7. The Bertz CT molecular complexity index is 959. The van der Waals surface area contributed by atoms with Crippen molar-refractivity contribution in [2.45, 2.75) is 18.9 Å². The van der Waals surface area contributed by atoms with E-state index in [-0.39, 0.29) is 18.6 Å². The summed E-state index contributed by atoms with van der Waals surface area (Å²) in [5.41, 5.74) is 3.18. The summed E-state index contributed by atoms with van der Waals surface area (Å²) in [5.74, 6) is -0.0377. The average molecular weight is 411 g/mol. The van der Waals surface area contributed by atoms with E-state index < -0.39 is 0 Å². The molecule has 1 aliphatic heterocycles. The molecule has 0 saturated carbocycles. The molecule has 0 spiro atoms. The molecule has 26 heavy (non-hydrogen) atoms. The minimum absolute atomic E-state index is 0.00396. The molecule has 1 aliphatic rings. The third kappa shape index (κ3) is 3.13. The van der Waals surface area contributed by atoms with Gasteiger partial charge in [-0.1, -0.05) is 46.3 Å². The van der Waals surface area contributed by atoms with Crippen molar-refractivity contribution in [2.75, 3.05) is 13.2 Å². The minimum atomic E-state index is -0.0990. The summed E-state index contributed by atoms with van der Waals surface area (Å²) in [7, 11) is 0. The number of amides is 1. The second kappa shape index (κ2) is 7.17. The van der Waals surface area contributed by atoms with Gasteiger partial charge in [-0.25, -0.2) is 4.98 Å². The summed E-state index contributed by atoms with van der Waals surface area (Å²) >= 11 is 3.50. The molecule has 1 N–H and O–H groups in total. The fraction of sp³-hybridized carbons (Fsp3) is 0.238. The van der Waals surface area contributed by atoms with Gasteiger partial charge in [-0.2, -0.15) is 0 Å². The summed E-state index contributed by atoms with van der Waals surface area (Å²) in [6.45, 7) is 0.687. The lowest BCUT2D eigenvalue weighted by molar-refractivity contribution is 0.0679. The zero-order chi connectivity index (χ0) is 18.1. The fourth-order valence-electron chi connectivity index (χ4n) is 3.58. The number of benzene rings is 2. The molecule has 4 nitrogen and oxygen atoms in total. The smallest absolute Gasteiger partial charge is 0.254 e. The van der Waals surface area contributed by atoms with Crippen molar-refractivity contribution >= 4 is 32.7 Å². The first-order valence-electron chi connectivity index (χ1n) is 8.75. The molecule has 3 aromatic rings. The Morgan fingerprint density at radius 3 is 2.77 bits per heavy atom. The van der Waals surface area contributed by atoms with Crippen molar-refractivity contribution in [3.63, 3.8) is 0 Å². The Kier molecular flexibility index (Phi) is 4.74. The highest BCUT2D eigenvalue weighted by Crippen LogP contribution is 2.29. The first-order valence-corrected chi connectivity index (χ1v) is 9.54. The lowest BCUT2D eigenvalue weighted by atomic mass is 10.0. The molecular weight excluding hydrogens is 392 g/mol.